The zero-order valence-electron chi connectivity index (χ0n) is 3.76. The van der Waals surface area contributed by atoms with E-state index in [1.807, 2.05) is 0 Å². The van der Waals surface area contributed by atoms with Crippen LogP contribution < -0.4 is 5.73 Å². The molecule has 0 rings (SSSR count). The Bertz CT molecular complexity index is 66.0. The fourth-order valence-electron chi connectivity index (χ4n) is 0.131. The lowest BCUT2D eigenvalue weighted by Gasteiger charge is -1.93. The smallest absolute Gasteiger partial charge is 0.597 e. The number of hydrogen-bond acceptors (Lipinski definition) is 4. The minimum atomic E-state index is -1.57. The Morgan fingerprint density at radius 1 is 2.00 bits per heavy atom. The molecule has 0 aromatic heterocycles. The van der Waals surface area contributed by atoms with Crippen molar-refractivity contribution in [3.05, 3.63) is 0 Å². The van der Waals surface area contributed by atoms with Crippen molar-refractivity contribution in [3.63, 3.8) is 0 Å². The van der Waals surface area contributed by atoms with Crippen molar-refractivity contribution in [3.8, 4) is 0 Å². The summed E-state index contributed by atoms with van der Waals surface area (Å²) < 4.78 is 12.1. The predicted octanol–water partition coefficient (Wildman–Crippen LogP) is -2.25. The van der Waals surface area contributed by atoms with Crippen LogP contribution in [-0.2, 0) is 8.58 Å². The van der Waals surface area contributed by atoms with E-state index in [-0.39, 0.29) is 6.54 Å². The highest BCUT2D eigenvalue weighted by Gasteiger charge is 1.96. The lowest BCUT2D eigenvalue weighted by molar-refractivity contribution is -0.133. The molecule has 0 aliphatic rings. The van der Waals surface area contributed by atoms with Gasteiger partial charge in [0.05, 0.1) is 6.54 Å². The molecule has 0 saturated carbocycles. The third kappa shape index (κ3) is 3.76. The summed E-state index contributed by atoms with van der Waals surface area (Å²) >= 11 is -1.57. The van der Waals surface area contributed by atoms with Crippen LogP contribution in [0.1, 0.15) is 0 Å². The van der Waals surface area contributed by atoms with Gasteiger partial charge in [0.25, 0.3) is 5.97 Å². The van der Waals surface area contributed by atoms with Crippen LogP contribution in [0.2, 0.25) is 0 Å². The summed E-state index contributed by atoms with van der Waals surface area (Å²) in [5, 5.41) is 0. The van der Waals surface area contributed by atoms with Crippen molar-refractivity contribution in [1.29, 1.82) is 0 Å². The van der Waals surface area contributed by atoms with E-state index in [0.717, 1.165) is 0 Å². The molecule has 0 fully saturated rings. The molecule has 0 saturated heterocycles. The summed E-state index contributed by atoms with van der Waals surface area (Å²) in [5.41, 5.74) is 4.79. The zero-order chi connectivity index (χ0) is 5.70. The van der Waals surface area contributed by atoms with Gasteiger partial charge in [-0.2, -0.15) is 0 Å². The van der Waals surface area contributed by atoms with Gasteiger partial charge in [0, 0.05) is 0 Å². The van der Waals surface area contributed by atoms with E-state index in [1.54, 1.807) is 0 Å². The molecule has 0 aromatic rings. The van der Waals surface area contributed by atoms with Crippen LogP contribution in [0, 0.1) is 0 Å². The maximum absolute atomic E-state index is 9.94. The molecule has 0 amide bonds. The van der Waals surface area contributed by atoms with E-state index < -0.39 is 21.9 Å². The van der Waals surface area contributed by atoms with Gasteiger partial charge in [0.15, 0.2) is 0 Å². The van der Waals surface area contributed by atoms with Gasteiger partial charge in [0.2, 0.25) is 0 Å². The van der Waals surface area contributed by atoms with Crippen molar-refractivity contribution in [1.82, 2.24) is 0 Å². The van der Waals surface area contributed by atoms with Gasteiger partial charge >= 0.3 is 15.9 Å². The molecule has 0 aromatic carbocycles. The molecule has 4 nitrogen and oxygen atoms in total. The second-order valence-corrected chi connectivity index (χ2v) is 1.40. The molecule has 0 unspecified atom stereocenters. The summed E-state index contributed by atoms with van der Waals surface area (Å²) in [4.78, 5) is 9.94. The quantitative estimate of drug-likeness (QED) is 0.402. The first-order valence-electron chi connectivity index (χ1n) is 1.77. The monoisotopic (exact) mass is 119 g/mol. The van der Waals surface area contributed by atoms with Crippen LogP contribution >= 0.6 is 0 Å². The molecule has 7 heavy (non-hydrogen) atoms. The number of nitrogens with two attached hydrogens (primary N) is 1. The molecule has 0 aliphatic carbocycles. The second-order valence-electron chi connectivity index (χ2n) is 0.850. The lowest BCUT2D eigenvalue weighted by atomic mass is 10.7. The van der Waals surface area contributed by atoms with Gasteiger partial charge in [-0.25, -0.2) is 0 Å². The molecule has 0 atom stereocenters. The van der Waals surface area contributed by atoms with E-state index in [9.17, 15) is 4.79 Å². The molecule has 5 heteroatoms. The normalized spacial score (nSPS) is 7.71. The summed E-state index contributed by atoms with van der Waals surface area (Å²) in [6.45, 7) is -0.145. The topological polar surface area (TPSA) is 72.6 Å². The maximum atomic E-state index is 9.94. The van der Waals surface area contributed by atoms with E-state index >= 15 is 0 Å². The van der Waals surface area contributed by atoms with Crippen molar-refractivity contribution in [2.45, 2.75) is 0 Å². The molecule has 0 heterocycles. The summed E-state index contributed by atoms with van der Waals surface area (Å²) in [5.74, 6) is -0.533. The van der Waals surface area contributed by atoms with E-state index in [2.05, 4.69) is 3.79 Å². The molecular formula is C2H6AlNO3. The lowest BCUT2D eigenvalue weighted by Crippen LogP contribution is -2.18. The maximum Gasteiger partial charge on any atom is 0.740 e. The Labute approximate surface area is 47.6 Å². The molecular weight excluding hydrogens is 113 g/mol. The first kappa shape index (κ1) is 6.92. The van der Waals surface area contributed by atoms with Crippen molar-refractivity contribution >= 4 is 21.9 Å². The van der Waals surface area contributed by atoms with Gasteiger partial charge in [-0.05, 0) is 0 Å². The van der Waals surface area contributed by atoms with Gasteiger partial charge in [-0.1, -0.05) is 0 Å². The third-order valence-corrected chi connectivity index (χ3v) is 0.843. The first-order chi connectivity index (χ1) is 3.31. The third-order valence-electron chi connectivity index (χ3n) is 0.392. The summed E-state index contributed by atoms with van der Waals surface area (Å²) in [6, 6.07) is 0. The van der Waals surface area contributed by atoms with Gasteiger partial charge in [-0.3, -0.25) is 4.79 Å². The highest BCUT2D eigenvalue weighted by molar-refractivity contribution is 6.20. The van der Waals surface area contributed by atoms with Crippen LogP contribution in [0.3, 0.4) is 0 Å². The van der Waals surface area contributed by atoms with E-state index in [0.29, 0.717) is 0 Å². The minimum absolute atomic E-state index is 0.145. The second kappa shape index (κ2) is 4.09. The summed E-state index contributed by atoms with van der Waals surface area (Å²) in [7, 11) is 0. The van der Waals surface area contributed by atoms with Gasteiger partial charge in [-0.15, -0.1) is 0 Å². The average molecular weight is 119 g/mol. The molecule has 0 aliphatic heterocycles. The number of hydrogen-bond donors (Lipinski definition) is 2. The average Bonchev–Trinajstić information content (AvgIpc) is 1.68. The molecule has 3 N–H and O–H groups in total. The standard InChI is InChI=1S/C2H5NO2.Al.H2O.H/c3-1-2(4)5;;;/h1,3H2,(H,4,5);;1H2;/q;+2;;/p-2. The molecule has 40 valence electrons. The number of carbonyl (C=O) groups excluding carboxylic acids is 1. The largest absolute Gasteiger partial charge is 0.740 e. The van der Waals surface area contributed by atoms with E-state index in [4.69, 9.17) is 9.89 Å². The van der Waals surface area contributed by atoms with Crippen LogP contribution in [-0.4, -0.2) is 32.6 Å². The predicted molar refractivity (Wildman–Crippen MR) is 24.5 cm³/mol. The van der Waals surface area contributed by atoms with Crippen molar-refractivity contribution in [2.24, 2.45) is 5.73 Å². The van der Waals surface area contributed by atoms with Crippen LogP contribution in [0.4, 0.5) is 0 Å². The van der Waals surface area contributed by atoms with Crippen LogP contribution in [0.15, 0.2) is 0 Å². The Hall–Kier alpha value is -0.0775. The van der Waals surface area contributed by atoms with Gasteiger partial charge in [0.1, 0.15) is 0 Å². The van der Waals surface area contributed by atoms with Crippen LogP contribution in [0.5, 0.6) is 0 Å². The Balaban J connectivity index is 3.00. The highest BCUT2D eigenvalue weighted by atomic mass is 27.2. The fraction of sp³-hybridized carbons (Fsp3) is 0.500. The van der Waals surface area contributed by atoms with Crippen LogP contribution in [0.25, 0.3) is 0 Å². The molecule has 0 radical (unpaired) electrons. The van der Waals surface area contributed by atoms with Crippen molar-refractivity contribution in [2.75, 3.05) is 6.54 Å². The number of rotatable bonds is 2. The molecule has 0 spiro atoms. The Morgan fingerprint density at radius 3 is 2.71 bits per heavy atom. The van der Waals surface area contributed by atoms with E-state index in [1.165, 1.54) is 0 Å². The highest BCUT2D eigenvalue weighted by Crippen LogP contribution is 1.64. The summed E-state index contributed by atoms with van der Waals surface area (Å²) in [6.07, 6.45) is 0. The minimum Gasteiger partial charge on any atom is -0.597 e. The Kier molecular flexibility index (Phi) is 4.05. The van der Waals surface area contributed by atoms with Gasteiger partial charge < -0.3 is 13.7 Å². The zero-order valence-corrected chi connectivity index (χ0v) is 5.17. The Morgan fingerprint density at radius 2 is 2.57 bits per heavy atom. The SMILES string of the molecule is NCC(=O)[O][AlH][OH]. The first-order valence-corrected chi connectivity index (χ1v) is 2.98. The number of carbonyl (C=O) groups is 1. The molecule has 0 bridgehead atoms. The fourth-order valence-corrected chi connectivity index (χ4v) is 0.393. The van der Waals surface area contributed by atoms with Crippen molar-refractivity contribution < 1.29 is 12.7 Å².